The molecule has 33 heavy (non-hydrogen) atoms. The number of aromatic nitrogens is 2. The number of esters is 1. The van der Waals surface area contributed by atoms with Crippen molar-refractivity contribution in [3.8, 4) is 11.5 Å². The average molecular weight is 471 g/mol. The van der Waals surface area contributed by atoms with Gasteiger partial charge in [0.25, 0.3) is 17.5 Å². The molecule has 10 nitrogen and oxygen atoms in total. The van der Waals surface area contributed by atoms with E-state index in [4.69, 9.17) is 9.15 Å². The summed E-state index contributed by atoms with van der Waals surface area (Å²) < 4.78 is 10.8. The van der Waals surface area contributed by atoms with Crippen molar-refractivity contribution in [1.29, 1.82) is 0 Å². The molecule has 0 spiro atoms. The Morgan fingerprint density at radius 2 is 1.97 bits per heavy atom. The maximum atomic E-state index is 12.6. The second-order valence-corrected chi connectivity index (χ2v) is 8.08. The van der Waals surface area contributed by atoms with Gasteiger partial charge in [0, 0.05) is 23.3 Å². The first kappa shape index (κ1) is 23.9. The van der Waals surface area contributed by atoms with E-state index in [1.54, 1.807) is 30.0 Å². The zero-order valence-electron chi connectivity index (χ0n) is 18.0. The minimum Gasteiger partial charge on any atom is -0.454 e. The number of hydrogen-bond donors (Lipinski definition) is 1. The van der Waals surface area contributed by atoms with Crippen LogP contribution in [-0.2, 0) is 16.1 Å². The fraction of sp³-hybridized carbons (Fsp3) is 0.273. The molecule has 0 aliphatic rings. The number of thioether (sulfide) groups is 1. The Morgan fingerprint density at radius 3 is 2.64 bits per heavy atom. The Balaban J connectivity index is 1.61. The van der Waals surface area contributed by atoms with E-state index in [-0.39, 0.29) is 30.0 Å². The van der Waals surface area contributed by atoms with Crippen molar-refractivity contribution in [3.63, 3.8) is 0 Å². The van der Waals surface area contributed by atoms with Crippen molar-refractivity contribution in [2.24, 2.45) is 0 Å². The van der Waals surface area contributed by atoms with E-state index >= 15 is 0 Å². The number of nitro benzene ring substituents is 1. The summed E-state index contributed by atoms with van der Waals surface area (Å²) in [5.41, 5.74) is 1.83. The molecule has 0 aliphatic heterocycles. The number of nitrogens with one attached hydrogen (secondary N) is 1. The second kappa shape index (κ2) is 11.2. The first-order valence-electron chi connectivity index (χ1n) is 9.97. The van der Waals surface area contributed by atoms with Crippen LogP contribution in [0.3, 0.4) is 0 Å². The summed E-state index contributed by atoms with van der Waals surface area (Å²) in [7, 11) is 0. The largest absolute Gasteiger partial charge is 0.454 e. The number of carbonyl (C=O) groups excluding carboxylic acids is 2. The average Bonchev–Trinajstić information content (AvgIpc) is 3.29. The third-order valence-electron chi connectivity index (χ3n) is 4.61. The van der Waals surface area contributed by atoms with Crippen molar-refractivity contribution >= 4 is 29.3 Å². The zero-order valence-corrected chi connectivity index (χ0v) is 18.8. The van der Waals surface area contributed by atoms with Crippen LogP contribution in [-0.4, -0.2) is 45.0 Å². The standard InChI is InChI=1S/C22H22N4O6S/c1-14-4-3-5-16(12-14)20(27)23-18(10-11-33-2)22(28)31-13-19-24-25-21(32-19)15-6-8-17(9-7-15)26(29)30/h3-9,12,18H,10-11,13H2,1-2H3,(H,23,27)/t18-/m0/s1. The zero-order chi connectivity index (χ0) is 23.8. The fourth-order valence-electron chi connectivity index (χ4n) is 2.90. The van der Waals surface area contributed by atoms with Gasteiger partial charge in [-0.2, -0.15) is 11.8 Å². The molecule has 0 aliphatic carbocycles. The van der Waals surface area contributed by atoms with Crippen LogP contribution in [0.1, 0.15) is 28.2 Å². The van der Waals surface area contributed by atoms with Crippen LogP contribution in [0.4, 0.5) is 5.69 Å². The predicted octanol–water partition coefficient (Wildman–Crippen LogP) is 3.55. The van der Waals surface area contributed by atoms with E-state index in [0.29, 0.717) is 23.3 Å². The molecular weight excluding hydrogens is 448 g/mol. The van der Waals surface area contributed by atoms with Crippen molar-refractivity contribution in [1.82, 2.24) is 15.5 Å². The summed E-state index contributed by atoms with van der Waals surface area (Å²) in [6.07, 6.45) is 2.30. The van der Waals surface area contributed by atoms with Crippen molar-refractivity contribution < 1.29 is 23.7 Å². The van der Waals surface area contributed by atoms with Crippen LogP contribution in [0.25, 0.3) is 11.5 Å². The lowest BCUT2D eigenvalue weighted by molar-refractivity contribution is -0.384. The maximum absolute atomic E-state index is 12.6. The molecule has 1 N–H and O–H groups in total. The van der Waals surface area contributed by atoms with Gasteiger partial charge < -0.3 is 14.5 Å². The van der Waals surface area contributed by atoms with Gasteiger partial charge in [0.1, 0.15) is 6.04 Å². The molecule has 0 saturated heterocycles. The molecule has 1 amide bonds. The molecule has 3 rings (SSSR count). The smallest absolute Gasteiger partial charge is 0.329 e. The highest BCUT2D eigenvalue weighted by atomic mass is 32.2. The van der Waals surface area contributed by atoms with Crippen LogP contribution in [0.15, 0.2) is 52.9 Å². The van der Waals surface area contributed by atoms with E-state index in [9.17, 15) is 19.7 Å². The van der Waals surface area contributed by atoms with Crippen molar-refractivity contribution in [2.45, 2.75) is 26.0 Å². The number of nitro groups is 1. The van der Waals surface area contributed by atoms with Crippen LogP contribution in [0.5, 0.6) is 0 Å². The lowest BCUT2D eigenvalue weighted by atomic mass is 10.1. The molecule has 0 bridgehead atoms. The summed E-state index contributed by atoms with van der Waals surface area (Å²) in [6.45, 7) is 1.61. The first-order valence-corrected chi connectivity index (χ1v) is 11.4. The van der Waals surface area contributed by atoms with Gasteiger partial charge in [-0.15, -0.1) is 10.2 Å². The minimum atomic E-state index is -0.831. The number of hydrogen-bond acceptors (Lipinski definition) is 9. The molecule has 1 atom stereocenters. The number of rotatable bonds is 10. The summed E-state index contributed by atoms with van der Waals surface area (Å²) >= 11 is 1.55. The molecule has 2 aromatic carbocycles. The Bertz CT molecular complexity index is 1130. The molecule has 11 heteroatoms. The molecule has 0 saturated carbocycles. The number of carbonyl (C=O) groups is 2. The van der Waals surface area contributed by atoms with Crippen LogP contribution >= 0.6 is 11.8 Å². The van der Waals surface area contributed by atoms with Crippen molar-refractivity contribution in [3.05, 3.63) is 75.7 Å². The van der Waals surface area contributed by atoms with Gasteiger partial charge in [0.05, 0.1) is 4.92 Å². The van der Waals surface area contributed by atoms with Gasteiger partial charge in [-0.25, -0.2) is 4.79 Å². The van der Waals surface area contributed by atoms with Gasteiger partial charge in [-0.05, 0) is 49.6 Å². The lowest BCUT2D eigenvalue weighted by Crippen LogP contribution is -2.42. The Morgan fingerprint density at radius 1 is 1.21 bits per heavy atom. The van der Waals surface area contributed by atoms with Gasteiger partial charge >= 0.3 is 5.97 Å². The summed E-state index contributed by atoms with van der Waals surface area (Å²) in [5.74, 6) is -0.119. The predicted molar refractivity (Wildman–Crippen MR) is 122 cm³/mol. The van der Waals surface area contributed by atoms with Gasteiger partial charge in [-0.3, -0.25) is 14.9 Å². The van der Waals surface area contributed by atoms with Gasteiger partial charge in [0.15, 0.2) is 6.61 Å². The van der Waals surface area contributed by atoms with E-state index in [1.807, 2.05) is 19.2 Å². The number of aryl methyl sites for hydroxylation is 1. The number of non-ortho nitro benzene ring substituents is 1. The van der Waals surface area contributed by atoms with E-state index in [1.165, 1.54) is 24.3 Å². The molecule has 1 aromatic heterocycles. The van der Waals surface area contributed by atoms with Gasteiger partial charge in [0.2, 0.25) is 5.89 Å². The molecule has 3 aromatic rings. The summed E-state index contributed by atoms with van der Waals surface area (Å²) in [5, 5.41) is 21.2. The lowest BCUT2D eigenvalue weighted by Gasteiger charge is -2.17. The highest BCUT2D eigenvalue weighted by molar-refractivity contribution is 7.98. The Hall–Kier alpha value is -3.73. The number of ether oxygens (including phenoxy) is 1. The molecule has 172 valence electrons. The Labute approximate surface area is 193 Å². The molecule has 0 fully saturated rings. The number of benzene rings is 2. The maximum Gasteiger partial charge on any atom is 0.329 e. The highest BCUT2D eigenvalue weighted by Crippen LogP contribution is 2.21. The van der Waals surface area contributed by atoms with E-state index in [2.05, 4.69) is 15.5 Å². The number of nitrogens with zero attached hydrogens (tertiary/aromatic N) is 3. The Kier molecular flexibility index (Phi) is 8.14. The topological polar surface area (TPSA) is 137 Å². The normalized spacial score (nSPS) is 11.6. The van der Waals surface area contributed by atoms with E-state index in [0.717, 1.165) is 5.56 Å². The van der Waals surface area contributed by atoms with Gasteiger partial charge in [-0.1, -0.05) is 17.7 Å². The van der Waals surface area contributed by atoms with E-state index < -0.39 is 16.9 Å². The molecule has 1 heterocycles. The number of amides is 1. The summed E-state index contributed by atoms with van der Waals surface area (Å²) in [6, 6.07) is 11.9. The van der Waals surface area contributed by atoms with Crippen LogP contribution in [0, 0.1) is 17.0 Å². The van der Waals surface area contributed by atoms with Crippen LogP contribution in [0.2, 0.25) is 0 Å². The molecule has 0 radical (unpaired) electrons. The van der Waals surface area contributed by atoms with Crippen molar-refractivity contribution in [2.75, 3.05) is 12.0 Å². The first-order chi connectivity index (χ1) is 15.9. The van der Waals surface area contributed by atoms with Crippen LogP contribution < -0.4 is 5.32 Å². The SMILES string of the molecule is CSCC[C@H](NC(=O)c1cccc(C)c1)C(=O)OCc1nnc(-c2ccc([N+](=O)[O-])cc2)o1. The quantitative estimate of drug-likeness (QED) is 0.268. The third kappa shape index (κ3) is 6.62. The third-order valence-corrected chi connectivity index (χ3v) is 5.25. The fourth-order valence-corrected chi connectivity index (χ4v) is 3.37. The molecular formula is C22H22N4O6S. The highest BCUT2D eigenvalue weighted by Gasteiger charge is 2.23. The molecule has 0 unspecified atom stereocenters. The monoisotopic (exact) mass is 470 g/mol. The second-order valence-electron chi connectivity index (χ2n) is 7.09. The minimum absolute atomic E-state index is 0.0589. The summed E-state index contributed by atoms with van der Waals surface area (Å²) in [4.78, 5) is 35.5.